The summed E-state index contributed by atoms with van der Waals surface area (Å²) in [4.78, 5) is 21.1. The summed E-state index contributed by atoms with van der Waals surface area (Å²) in [7, 11) is 0. The Morgan fingerprint density at radius 3 is 2.59 bits per heavy atom. The summed E-state index contributed by atoms with van der Waals surface area (Å²) >= 11 is 0. The first-order valence-electron chi connectivity index (χ1n) is 8.41. The lowest BCUT2D eigenvalue weighted by atomic mass is 10.2. The fraction of sp³-hybridized carbons (Fsp3) is 0.471. The van der Waals surface area contributed by atoms with Crippen LogP contribution < -0.4 is 21.9 Å². The van der Waals surface area contributed by atoms with Gasteiger partial charge in [-0.1, -0.05) is 0 Å². The van der Waals surface area contributed by atoms with Crippen molar-refractivity contribution in [2.75, 3.05) is 13.1 Å². The monoisotopic (exact) mass is 380 g/mol. The van der Waals surface area contributed by atoms with E-state index in [2.05, 4.69) is 9.98 Å². The van der Waals surface area contributed by atoms with E-state index in [-0.39, 0.29) is 29.5 Å². The van der Waals surface area contributed by atoms with Crippen LogP contribution in [0.4, 0.5) is 14.9 Å². The van der Waals surface area contributed by atoms with E-state index in [9.17, 15) is 9.18 Å². The number of likely N-dealkylation sites (tertiary alicyclic amines) is 1. The van der Waals surface area contributed by atoms with Gasteiger partial charge in [0.2, 0.25) is 5.96 Å². The number of benzene rings is 1. The smallest absolute Gasteiger partial charge is 0.410 e. The van der Waals surface area contributed by atoms with Crippen LogP contribution in [0.3, 0.4) is 0 Å². The molecule has 9 nitrogen and oxygen atoms in total. The van der Waals surface area contributed by atoms with Gasteiger partial charge in [0, 0.05) is 19.0 Å². The summed E-state index contributed by atoms with van der Waals surface area (Å²) in [5, 5.41) is 0. The predicted molar refractivity (Wildman–Crippen MR) is 100 cm³/mol. The van der Waals surface area contributed by atoms with Gasteiger partial charge >= 0.3 is 6.09 Å². The lowest BCUT2D eigenvalue weighted by Gasteiger charge is -2.24. The van der Waals surface area contributed by atoms with Crippen LogP contribution in [0.25, 0.3) is 0 Å². The molecule has 2 rings (SSSR count). The maximum Gasteiger partial charge on any atom is 0.410 e. The highest BCUT2D eigenvalue weighted by Gasteiger charge is 2.31. The summed E-state index contributed by atoms with van der Waals surface area (Å²) in [6.45, 7) is 6.21. The maximum absolute atomic E-state index is 14.3. The van der Waals surface area contributed by atoms with Gasteiger partial charge in [0.25, 0.3) is 0 Å². The molecule has 1 aromatic rings. The number of amides is 1. The fourth-order valence-corrected chi connectivity index (χ4v) is 2.44. The molecule has 1 unspecified atom stereocenters. The van der Waals surface area contributed by atoms with Crippen molar-refractivity contribution in [2.45, 2.75) is 38.9 Å². The molecular formula is C17H25FN6O3. The van der Waals surface area contributed by atoms with Crippen molar-refractivity contribution in [2.24, 2.45) is 27.2 Å². The van der Waals surface area contributed by atoms with Gasteiger partial charge in [0.05, 0.1) is 12.2 Å². The van der Waals surface area contributed by atoms with Gasteiger partial charge in [0.1, 0.15) is 11.7 Å². The topological polar surface area (TPSA) is 142 Å². The van der Waals surface area contributed by atoms with E-state index in [1.54, 1.807) is 25.7 Å². The summed E-state index contributed by atoms with van der Waals surface area (Å²) < 4.78 is 25.3. The third-order valence-corrected chi connectivity index (χ3v) is 3.49. The molecule has 1 aliphatic heterocycles. The van der Waals surface area contributed by atoms with E-state index >= 15 is 0 Å². The average Bonchev–Trinajstić information content (AvgIpc) is 2.96. The first kappa shape index (κ1) is 20.3. The zero-order chi connectivity index (χ0) is 20.2. The Hall–Kier alpha value is -3.04. The highest BCUT2D eigenvalue weighted by Crippen LogP contribution is 2.26. The molecule has 0 aliphatic carbocycles. The maximum atomic E-state index is 14.3. The number of guanidine groups is 2. The molecule has 1 saturated heterocycles. The number of nitrogens with two attached hydrogens (primary N) is 3. The molecule has 1 fully saturated rings. The van der Waals surface area contributed by atoms with Gasteiger partial charge in [0.15, 0.2) is 17.5 Å². The van der Waals surface area contributed by atoms with Crippen LogP contribution in [0.1, 0.15) is 27.2 Å². The van der Waals surface area contributed by atoms with Crippen LogP contribution in [0.15, 0.2) is 28.2 Å². The van der Waals surface area contributed by atoms with E-state index in [1.165, 1.54) is 12.1 Å². The summed E-state index contributed by atoms with van der Waals surface area (Å²) in [6, 6.07) is 4.12. The van der Waals surface area contributed by atoms with E-state index < -0.39 is 17.5 Å². The van der Waals surface area contributed by atoms with Gasteiger partial charge in [-0.15, -0.1) is 0 Å². The van der Waals surface area contributed by atoms with Crippen molar-refractivity contribution in [3.63, 3.8) is 0 Å². The molecule has 1 aromatic carbocycles. The van der Waals surface area contributed by atoms with Crippen LogP contribution in [-0.2, 0) is 4.74 Å². The largest absolute Gasteiger partial charge is 0.485 e. The number of hydrogen-bond donors (Lipinski definition) is 3. The Bertz CT molecular complexity index is 756. The molecule has 1 atom stereocenters. The van der Waals surface area contributed by atoms with Gasteiger partial charge in [-0.05, 0) is 32.9 Å². The van der Waals surface area contributed by atoms with Crippen molar-refractivity contribution in [3.8, 4) is 5.75 Å². The van der Waals surface area contributed by atoms with Gasteiger partial charge in [-0.3, -0.25) is 0 Å². The van der Waals surface area contributed by atoms with E-state index in [4.69, 9.17) is 26.7 Å². The summed E-state index contributed by atoms with van der Waals surface area (Å²) in [6.07, 6.45) is -0.155. The number of nitrogens with zero attached hydrogens (tertiary/aromatic N) is 3. The van der Waals surface area contributed by atoms with Crippen LogP contribution in [0, 0.1) is 5.82 Å². The number of rotatable bonds is 3. The molecule has 1 heterocycles. The van der Waals surface area contributed by atoms with Crippen molar-refractivity contribution < 1.29 is 18.7 Å². The van der Waals surface area contributed by atoms with Crippen molar-refractivity contribution in [1.82, 2.24) is 4.90 Å². The first-order chi connectivity index (χ1) is 12.5. The van der Waals surface area contributed by atoms with Crippen LogP contribution in [0.5, 0.6) is 5.75 Å². The minimum atomic E-state index is -0.607. The van der Waals surface area contributed by atoms with Crippen molar-refractivity contribution >= 4 is 23.7 Å². The Morgan fingerprint density at radius 1 is 1.30 bits per heavy atom. The Labute approximate surface area is 157 Å². The molecule has 0 aromatic heterocycles. The lowest BCUT2D eigenvalue weighted by Crippen LogP contribution is -2.36. The Kier molecular flexibility index (Phi) is 6.09. The Morgan fingerprint density at radius 2 is 2.00 bits per heavy atom. The zero-order valence-electron chi connectivity index (χ0n) is 15.6. The highest BCUT2D eigenvalue weighted by molar-refractivity contribution is 5.93. The predicted octanol–water partition coefficient (Wildman–Crippen LogP) is 1.43. The van der Waals surface area contributed by atoms with E-state index in [0.717, 1.165) is 6.07 Å². The average molecular weight is 380 g/mol. The number of carbonyl (C=O) groups excluding carboxylic acids is 1. The number of ether oxygens (including phenoxy) is 2. The van der Waals surface area contributed by atoms with Gasteiger partial charge < -0.3 is 31.6 Å². The fourth-order valence-electron chi connectivity index (χ4n) is 2.44. The number of carbonyl (C=O) groups is 1. The Balaban J connectivity index is 1.99. The molecule has 1 aliphatic rings. The van der Waals surface area contributed by atoms with Crippen molar-refractivity contribution in [3.05, 3.63) is 24.0 Å². The SMILES string of the molecule is CC(C)(C)OC(=O)N1CCC(Oc2ccc(N=C(N)N=C(N)N)cc2F)C1. The second-order valence-electron chi connectivity index (χ2n) is 7.08. The molecule has 1 amide bonds. The van der Waals surface area contributed by atoms with Gasteiger partial charge in [-0.2, -0.15) is 4.99 Å². The molecule has 27 heavy (non-hydrogen) atoms. The summed E-state index contributed by atoms with van der Waals surface area (Å²) in [5.41, 5.74) is 15.6. The van der Waals surface area contributed by atoms with Crippen LogP contribution in [-0.4, -0.2) is 47.7 Å². The quantitative estimate of drug-likeness (QED) is 0.535. The number of halogens is 1. The third-order valence-electron chi connectivity index (χ3n) is 3.49. The van der Waals surface area contributed by atoms with E-state index in [0.29, 0.717) is 19.5 Å². The second kappa shape index (κ2) is 8.11. The zero-order valence-corrected chi connectivity index (χ0v) is 15.6. The first-order valence-corrected chi connectivity index (χ1v) is 8.41. The summed E-state index contributed by atoms with van der Waals surface area (Å²) in [5.74, 6) is -0.978. The van der Waals surface area contributed by atoms with Gasteiger partial charge in [-0.25, -0.2) is 14.2 Å². The highest BCUT2D eigenvalue weighted by atomic mass is 19.1. The minimum Gasteiger partial charge on any atom is -0.485 e. The molecule has 6 N–H and O–H groups in total. The van der Waals surface area contributed by atoms with E-state index in [1.807, 2.05) is 0 Å². The molecule has 0 radical (unpaired) electrons. The third kappa shape index (κ3) is 6.32. The molecule has 10 heteroatoms. The molecule has 0 bridgehead atoms. The standard InChI is InChI=1S/C17H25FN6O3/c1-17(2,3)27-16(25)24-7-6-11(9-24)26-13-5-4-10(8-12(13)18)22-15(21)23-14(19)20/h4-5,8,11H,6-7,9H2,1-3H3,(H6,19,20,21,22,23). The van der Waals surface area contributed by atoms with Crippen LogP contribution >= 0.6 is 0 Å². The molecule has 0 saturated carbocycles. The number of hydrogen-bond acceptors (Lipinski definition) is 4. The second-order valence-corrected chi connectivity index (χ2v) is 7.08. The molecule has 0 spiro atoms. The minimum absolute atomic E-state index is 0.0606. The number of aliphatic imine (C=N–C) groups is 2. The lowest BCUT2D eigenvalue weighted by molar-refractivity contribution is 0.0275. The molecular weight excluding hydrogens is 355 g/mol. The van der Waals surface area contributed by atoms with Crippen molar-refractivity contribution in [1.29, 1.82) is 0 Å². The van der Waals surface area contributed by atoms with Crippen LogP contribution in [0.2, 0.25) is 0 Å². The normalized spacial score (nSPS) is 17.6. The molecule has 148 valence electrons.